The molecule has 3 aromatic heterocycles. The van der Waals surface area contributed by atoms with Crippen molar-refractivity contribution in [2.75, 3.05) is 144 Å². The van der Waals surface area contributed by atoms with Gasteiger partial charge in [-0.2, -0.15) is 0 Å². The average molecular weight is 1750 g/mol. The number of methoxy groups -OCH3 is 4. The molecule has 9 unspecified atom stereocenters. The number of hydrogen-bond donors (Lipinski definition) is 9. The van der Waals surface area contributed by atoms with Crippen LogP contribution in [0.4, 0.5) is 10.6 Å². The maximum absolute atomic E-state index is 12.8. The Kier molecular flexibility index (Phi) is 53.9. The van der Waals surface area contributed by atoms with Gasteiger partial charge < -0.3 is 117 Å². The van der Waals surface area contributed by atoms with Crippen LogP contribution in [0, 0.1) is 11.8 Å². The van der Waals surface area contributed by atoms with Gasteiger partial charge in [-0.05, 0) is 114 Å². The number of furan rings is 1. The number of carbonyl (C=O) groups is 10. The highest BCUT2D eigenvalue weighted by Gasteiger charge is 2.41. The van der Waals surface area contributed by atoms with Crippen LogP contribution in [0.3, 0.4) is 0 Å². The van der Waals surface area contributed by atoms with Gasteiger partial charge in [-0.25, -0.2) is 19.7 Å². The minimum Gasteiger partial charge on any atom is -0.481 e. The maximum atomic E-state index is 12.8. The Labute approximate surface area is 716 Å². The topological polar surface area (TPSA) is 506 Å². The molecule has 4 aromatic rings. The molecule has 3 fully saturated rings. The van der Waals surface area contributed by atoms with Crippen LogP contribution >= 0.6 is 11.8 Å². The van der Waals surface area contributed by atoms with Gasteiger partial charge in [-0.3, -0.25) is 48.1 Å². The Hall–Kier alpha value is -8.26. The van der Waals surface area contributed by atoms with Crippen LogP contribution in [-0.4, -0.2) is 304 Å². The SMILES string of the molecule is CCC(=O)C1CCC(CN2C(=O)CC(SCCNC(=O)CCCC(=O)OCC(OC)OC(CC)CO)C2=O)CC1.CCC(CO)OC(CO)OC.CCC(CO)OC(COC(=O)CCCC(=O)NCCCCNC(=O)Oc1cccc(-c2nc(N3CCOCC3)c3oc4ncccc4c3n2)c1)OC.CCC(CO)OC(COC(=O)CCCC(=O)O)OC. The number of aliphatic hydroxyl groups is 5. The highest BCUT2D eigenvalue weighted by molar-refractivity contribution is 8.00. The molecule has 0 radical (unpaired) electrons. The number of carboxylic acids is 1. The van der Waals surface area contributed by atoms with E-state index in [1.165, 1.54) is 45.1 Å². The second-order valence-corrected chi connectivity index (χ2v) is 29.9. The molecule has 1 aromatic carbocycles. The number of pyridine rings is 1. The number of thioether (sulfide) groups is 1. The fourth-order valence-corrected chi connectivity index (χ4v) is 13.3. The first kappa shape index (κ1) is 106. The third-order valence-electron chi connectivity index (χ3n) is 19.6. The second kappa shape index (κ2) is 61.9. The minimum atomic E-state index is -0.945. The zero-order chi connectivity index (χ0) is 89.6. The van der Waals surface area contributed by atoms with Crippen molar-refractivity contribution in [3.05, 3.63) is 42.6 Å². The summed E-state index contributed by atoms with van der Waals surface area (Å²) in [6.45, 7) is 12.4. The van der Waals surface area contributed by atoms with Crippen molar-refractivity contribution in [1.82, 2.24) is 35.8 Å². The van der Waals surface area contributed by atoms with E-state index in [-0.39, 0.29) is 152 Å². The summed E-state index contributed by atoms with van der Waals surface area (Å²) in [6.07, 6.45) is 6.00. The zero-order valence-electron chi connectivity index (χ0n) is 71.9. The van der Waals surface area contributed by atoms with Crippen LogP contribution in [0.2, 0.25) is 0 Å². The predicted octanol–water partition coefficient (Wildman–Crippen LogP) is 6.24. The number of rotatable bonds is 55. The van der Waals surface area contributed by atoms with E-state index in [0.717, 1.165) is 31.1 Å². The van der Waals surface area contributed by atoms with E-state index in [2.05, 4.69) is 25.8 Å². The number of morpholine rings is 1. The van der Waals surface area contributed by atoms with E-state index < -0.39 is 72.6 Å². The number of unbranched alkanes of at least 4 members (excludes halogenated alkanes) is 1. The van der Waals surface area contributed by atoms with Crippen LogP contribution in [0.1, 0.15) is 169 Å². The Balaban J connectivity index is 0.000000391. The summed E-state index contributed by atoms with van der Waals surface area (Å²) >= 11 is 1.37. The van der Waals surface area contributed by atoms with E-state index in [0.29, 0.717) is 162 Å². The Morgan fingerprint density at radius 1 is 0.582 bits per heavy atom. The van der Waals surface area contributed by atoms with Crippen LogP contribution in [0.5, 0.6) is 5.75 Å². The summed E-state index contributed by atoms with van der Waals surface area (Å²) in [7, 11) is 5.71. The lowest BCUT2D eigenvalue weighted by Gasteiger charge is -2.30. The third-order valence-corrected chi connectivity index (χ3v) is 20.8. The molecule has 3 aliphatic rings. The minimum absolute atomic E-state index is 0.0416. The van der Waals surface area contributed by atoms with Crippen molar-refractivity contribution < 1.29 is 145 Å². The van der Waals surface area contributed by atoms with Crippen molar-refractivity contribution in [2.24, 2.45) is 11.8 Å². The maximum Gasteiger partial charge on any atom is 0.412 e. The number of carbonyl (C=O) groups excluding carboxylic acids is 9. The Morgan fingerprint density at radius 3 is 1.57 bits per heavy atom. The van der Waals surface area contributed by atoms with Crippen molar-refractivity contribution >= 4 is 99.2 Å². The van der Waals surface area contributed by atoms with Crippen LogP contribution < -0.4 is 25.6 Å². The molecule has 39 heteroatoms. The number of ether oxygens (including phenoxy) is 13. The lowest BCUT2D eigenvalue weighted by Crippen LogP contribution is -2.37. The number of aliphatic carboxylic acids is 1. The summed E-state index contributed by atoms with van der Waals surface area (Å²) in [5.74, 6) is -0.424. The number of amides is 5. The molecule has 1 aliphatic carbocycles. The number of nitrogens with one attached hydrogen (secondary N) is 3. The van der Waals surface area contributed by atoms with Crippen molar-refractivity contribution in [3.8, 4) is 17.1 Å². The number of fused-ring (bicyclic) bond motifs is 3. The zero-order valence-corrected chi connectivity index (χ0v) is 72.7. The molecule has 688 valence electrons. The predicted molar refractivity (Wildman–Crippen MR) is 445 cm³/mol. The summed E-state index contributed by atoms with van der Waals surface area (Å²) in [5.41, 5.74) is 2.36. The van der Waals surface area contributed by atoms with Gasteiger partial charge in [0.05, 0.1) is 81.3 Å². The van der Waals surface area contributed by atoms with Gasteiger partial charge in [0.2, 0.25) is 29.3 Å². The molecule has 7 rings (SSSR count). The summed E-state index contributed by atoms with van der Waals surface area (Å²) < 4.78 is 73.8. The first-order valence-electron chi connectivity index (χ1n) is 41.8. The average Bonchev–Trinajstić information content (AvgIpc) is 1.59. The number of hydrogen-bond acceptors (Lipinski definition) is 34. The van der Waals surface area contributed by atoms with Gasteiger partial charge in [0.25, 0.3) is 0 Å². The van der Waals surface area contributed by atoms with E-state index in [4.69, 9.17) is 96.4 Å². The molecule has 5 heterocycles. The number of anilines is 1. The van der Waals surface area contributed by atoms with Crippen LogP contribution in [0.25, 0.3) is 33.6 Å². The molecule has 38 nitrogen and oxygen atoms in total. The number of nitrogens with zero attached hydrogens (tertiary/aromatic N) is 5. The van der Waals surface area contributed by atoms with Crippen molar-refractivity contribution in [3.63, 3.8) is 0 Å². The highest BCUT2D eigenvalue weighted by Crippen LogP contribution is 2.36. The van der Waals surface area contributed by atoms with Gasteiger partial charge in [-0.15, -0.1) is 11.8 Å². The fraction of sp³-hybridized carbons (Fsp3) is 0.699. The van der Waals surface area contributed by atoms with Crippen molar-refractivity contribution in [2.45, 2.75) is 224 Å². The largest absolute Gasteiger partial charge is 0.481 e. The molecule has 9 N–H and O–H groups in total. The third kappa shape index (κ3) is 40.6. The van der Waals surface area contributed by atoms with Gasteiger partial charge in [-0.1, -0.05) is 46.8 Å². The van der Waals surface area contributed by atoms with E-state index >= 15 is 0 Å². The fourth-order valence-electron chi connectivity index (χ4n) is 12.3. The molecule has 0 bridgehead atoms. The molecule has 0 spiro atoms. The van der Waals surface area contributed by atoms with E-state index in [1.54, 1.807) is 24.4 Å². The first-order chi connectivity index (χ1) is 58.9. The Bertz CT molecular complexity index is 3690. The smallest absolute Gasteiger partial charge is 0.412 e. The number of benzene rings is 1. The quantitative estimate of drug-likeness (QED) is 0.00776. The molecular weight excluding hydrogens is 1620 g/mol. The number of aliphatic hydroxyl groups excluding tert-OH is 5. The molecule has 5 amide bonds. The monoisotopic (exact) mass is 1750 g/mol. The number of imide groups is 1. The molecule has 2 saturated heterocycles. The first-order valence-corrected chi connectivity index (χ1v) is 42.9. The summed E-state index contributed by atoms with van der Waals surface area (Å²) in [5, 5.41) is 61.9. The summed E-state index contributed by atoms with van der Waals surface area (Å²) in [6, 6.07) is 10.8. The standard InChI is InChI=1S/C36H46N6O10.C28H46N2O9S.C12H22O7.C7H16O4/c1-3-25(22-43)50-30(47-2)23-49-29(45)13-7-12-28(44)37-14-4-5-15-39-36(46)51-26-10-6-9-24(21-26)33-40-31-27-11-8-16-38-35(27)52-32(31)34(41-33)42-17-19-48-20-18-42;1-4-21(17-31)39-27(37-3)18-38-26(35)8-6-7-24(33)29-13-14-40-23-15-25(34)30(28(23)36)16-19-9-11-20(12-10-19)22(32)5-2;1-3-9(7-13)19-12(17-2)8-18-11(16)6-4-5-10(14)15;1-3-6(4-8)11-7(5-9)10-2/h6,8-11,16,21,25,30,43H,3-5,7,12-15,17-20,22-23H2,1-2H3,(H,37,44)(H,39,46);19-21,23,27,31H,4-18H2,1-3H3,(H,29,33);9,12-13H,3-8H2,1-2H3,(H,14,15);6-9H,3-5H2,1-2H3. The Morgan fingerprint density at radius 2 is 1.08 bits per heavy atom. The van der Waals surface area contributed by atoms with Gasteiger partial charge >= 0.3 is 30.0 Å². The van der Waals surface area contributed by atoms with E-state index in [9.17, 15) is 58.2 Å². The van der Waals surface area contributed by atoms with Gasteiger partial charge in [0.1, 0.15) is 36.9 Å². The second-order valence-electron chi connectivity index (χ2n) is 28.5. The normalized spacial score (nSPS) is 17.1. The highest BCUT2D eigenvalue weighted by atomic mass is 32.2. The number of likely N-dealkylation sites (tertiary alicyclic amines) is 1. The van der Waals surface area contributed by atoms with Gasteiger partial charge in [0.15, 0.2) is 42.4 Å². The molecule has 122 heavy (non-hydrogen) atoms. The van der Waals surface area contributed by atoms with E-state index in [1.807, 2.05) is 52.8 Å². The van der Waals surface area contributed by atoms with Gasteiger partial charge in [0, 0.05) is 143 Å². The summed E-state index contributed by atoms with van der Waals surface area (Å²) in [4.78, 5) is 137. The number of aromatic nitrogens is 3. The molecule has 2 aliphatic heterocycles. The lowest BCUT2D eigenvalue weighted by molar-refractivity contribution is -0.194. The number of Topliss-reactive ketones (excluding diaryl/α,β-unsaturated/α-hetero) is 1. The molecule has 1 saturated carbocycles. The number of carboxylic acid groups (broad SMARTS) is 1. The molecular formula is C83H130N8O30S. The number of ketones is 1. The number of esters is 3. The lowest BCUT2D eigenvalue weighted by atomic mass is 9.79. The molecule has 9 atom stereocenters. The van der Waals surface area contributed by atoms with Crippen molar-refractivity contribution in [1.29, 1.82) is 0 Å². The van der Waals surface area contributed by atoms with Crippen LogP contribution in [0.15, 0.2) is 47.0 Å². The van der Waals surface area contributed by atoms with Crippen LogP contribution in [-0.2, 0) is 100.0 Å².